The maximum absolute atomic E-state index is 12.9. The Morgan fingerprint density at radius 3 is 2.70 bits per heavy atom. The number of rotatable bonds is 7. The monoisotopic (exact) mass is 400 g/mol. The molecule has 1 N–H and O–H groups in total. The van der Waals surface area contributed by atoms with Crippen LogP contribution in [-0.4, -0.2) is 16.6 Å². The Morgan fingerprint density at radius 2 is 1.96 bits per heavy atom. The van der Waals surface area contributed by atoms with Crippen molar-refractivity contribution < 1.29 is 9.18 Å². The van der Waals surface area contributed by atoms with E-state index in [1.807, 2.05) is 5.38 Å². The molecule has 27 heavy (non-hydrogen) atoms. The number of anilines is 1. The number of aromatic nitrogens is 1. The minimum Gasteiger partial charge on any atom is -0.302 e. The lowest BCUT2D eigenvalue weighted by atomic mass is 10.0. The molecule has 0 fully saturated rings. The molecular weight excluding hydrogens is 379 g/mol. The van der Waals surface area contributed by atoms with E-state index in [1.54, 1.807) is 23.9 Å². The highest BCUT2D eigenvalue weighted by atomic mass is 32.2. The van der Waals surface area contributed by atoms with E-state index in [1.165, 1.54) is 34.6 Å². The maximum atomic E-state index is 12.9. The summed E-state index contributed by atoms with van der Waals surface area (Å²) in [7, 11) is 0. The van der Waals surface area contributed by atoms with Crippen LogP contribution in [0.3, 0.4) is 0 Å². The molecule has 0 spiro atoms. The average Bonchev–Trinajstić information content (AvgIpc) is 3.08. The number of hydrogen-bond acceptors (Lipinski definition) is 4. The molecule has 3 aromatic rings. The molecule has 0 aliphatic carbocycles. The SMILES string of the molecule is Cc1ccc(-c2csc(NC(=O)CCCSc3ccc(F)cc3)n2)c(C)c1. The van der Waals surface area contributed by atoms with Crippen molar-refractivity contribution in [2.24, 2.45) is 0 Å². The molecule has 0 bridgehead atoms. The minimum absolute atomic E-state index is 0.0313. The fraction of sp³-hybridized carbons (Fsp3) is 0.238. The summed E-state index contributed by atoms with van der Waals surface area (Å²) in [5.41, 5.74) is 4.38. The van der Waals surface area contributed by atoms with E-state index < -0.39 is 0 Å². The predicted octanol–water partition coefficient (Wildman–Crippen LogP) is 6.08. The standard InChI is InChI=1S/C21H21FN2OS2/c1-14-5-10-18(15(2)12-14)19-13-27-21(23-19)24-20(25)4-3-11-26-17-8-6-16(22)7-9-17/h5-10,12-13H,3-4,11H2,1-2H3,(H,23,24,25). The number of thioether (sulfide) groups is 1. The van der Waals surface area contributed by atoms with Gasteiger partial charge < -0.3 is 5.32 Å². The van der Waals surface area contributed by atoms with Gasteiger partial charge in [-0.1, -0.05) is 23.8 Å². The van der Waals surface area contributed by atoms with Crippen molar-refractivity contribution in [3.63, 3.8) is 0 Å². The molecule has 140 valence electrons. The molecule has 0 saturated heterocycles. The summed E-state index contributed by atoms with van der Waals surface area (Å²) in [6.07, 6.45) is 1.19. The summed E-state index contributed by atoms with van der Waals surface area (Å²) in [6, 6.07) is 12.7. The zero-order valence-corrected chi connectivity index (χ0v) is 16.9. The molecule has 2 aromatic carbocycles. The van der Waals surface area contributed by atoms with Crippen LogP contribution in [0.25, 0.3) is 11.3 Å². The number of carbonyl (C=O) groups is 1. The quantitative estimate of drug-likeness (QED) is 0.386. The molecule has 0 unspecified atom stereocenters. The molecule has 0 aliphatic rings. The summed E-state index contributed by atoms with van der Waals surface area (Å²) in [5.74, 6) is 0.545. The lowest BCUT2D eigenvalue weighted by molar-refractivity contribution is -0.116. The third-order valence-electron chi connectivity index (χ3n) is 4.04. The lowest BCUT2D eigenvalue weighted by Gasteiger charge is -2.04. The normalized spacial score (nSPS) is 10.8. The number of thiazole rings is 1. The second-order valence-electron chi connectivity index (χ2n) is 6.31. The highest BCUT2D eigenvalue weighted by molar-refractivity contribution is 7.99. The topological polar surface area (TPSA) is 42.0 Å². The summed E-state index contributed by atoms with van der Waals surface area (Å²) >= 11 is 3.06. The Kier molecular flexibility index (Phi) is 6.63. The Balaban J connectivity index is 1.47. The molecule has 0 radical (unpaired) electrons. The Morgan fingerprint density at radius 1 is 1.19 bits per heavy atom. The van der Waals surface area contributed by atoms with Crippen molar-refractivity contribution in [1.29, 1.82) is 0 Å². The van der Waals surface area contributed by atoms with Gasteiger partial charge in [-0.25, -0.2) is 9.37 Å². The third-order valence-corrected chi connectivity index (χ3v) is 5.89. The van der Waals surface area contributed by atoms with Crippen LogP contribution in [0.15, 0.2) is 52.7 Å². The second kappa shape index (κ2) is 9.15. The van der Waals surface area contributed by atoms with Gasteiger partial charge in [-0.05, 0) is 55.9 Å². The smallest absolute Gasteiger partial charge is 0.226 e. The van der Waals surface area contributed by atoms with Gasteiger partial charge in [0.25, 0.3) is 0 Å². The number of nitrogens with one attached hydrogen (secondary N) is 1. The number of carbonyl (C=O) groups excluding carboxylic acids is 1. The fourth-order valence-electron chi connectivity index (χ4n) is 2.69. The van der Waals surface area contributed by atoms with Crippen molar-refractivity contribution in [2.75, 3.05) is 11.1 Å². The molecule has 3 nitrogen and oxygen atoms in total. The largest absolute Gasteiger partial charge is 0.302 e. The highest BCUT2D eigenvalue weighted by Gasteiger charge is 2.10. The zero-order chi connectivity index (χ0) is 19.2. The Labute approximate surface area is 167 Å². The maximum Gasteiger partial charge on any atom is 0.226 e. The van der Waals surface area contributed by atoms with Crippen molar-refractivity contribution in [2.45, 2.75) is 31.6 Å². The second-order valence-corrected chi connectivity index (χ2v) is 8.34. The van der Waals surface area contributed by atoms with E-state index in [9.17, 15) is 9.18 Å². The molecule has 1 amide bonds. The first-order valence-electron chi connectivity index (χ1n) is 8.72. The molecule has 0 aliphatic heterocycles. The summed E-state index contributed by atoms with van der Waals surface area (Å²) < 4.78 is 12.9. The van der Waals surface area contributed by atoms with Crippen LogP contribution < -0.4 is 5.32 Å². The number of aryl methyl sites for hydroxylation is 2. The number of benzene rings is 2. The van der Waals surface area contributed by atoms with Crippen molar-refractivity contribution in [3.8, 4) is 11.3 Å². The third kappa shape index (κ3) is 5.65. The predicted molar refractivity (Wildman–Crippen MR) is 112 cm³/mol. The van der Waals surface area contributed by atoms with Crippen LogP contribution in [0.1, 0.15) is 24.0 Å². The van der Waals surface area contributed by atoms with Gasteiger partial charge in [0.15, 0.2) is 5.13 Å². The fourth-order valence-corrected chi connectivity index (χ4v) is 4.27. The van der Waals surface area contributed by atoms with Crippen LogP contribution in [0, 0.1) is 19.7 Å². The zero-order valence-electron chi connectivity index (χ0n) is 15.3. The summed E-state index contributed by atoms with van der Waals surface area (Å²) in [5, 5.41) is 5.47. The summed E-state index contributed by atoms with van der Waals surface area (Å²) in [6.45, 7) is 4.14. The molecule has 3 rings (SSSR count). The van der Waals surface area contributed by atoms with Gasteiger partial charge >= 0.3 is 0 Å². The summed E-state index contributed by atoms with van der Waals surface area (Å²) in [4.78, 5) is 17.7. The van der Waals surface area contributed by atoms with E-state index in [4.69, 9.17) is 0 Å². The number of amides is 1. The van der Waals surface area contributed by atoms with Crippen LogP contribution in [0.5, 0.6) is 0 Å². The van der Waals surface area contributed by atoms with Crippen LogP contribution >= 0.6 is 23.1 Å². The average molecular weight is 401 g/mol. The minimum atomic E-state index is -0.234. The Hall–Kier alpha value is -2.18. The molecule has 0 atom stereocenters. The van der Waals surface area contributed by atoms with E-state index in [0.717, 1.165) is 28.3 Å². The van der Waals surface area contributed by atoms with E-state index in [2.05, 4.69) is 42.3 Å². The van der Waals surface area contributed by atoms with Gasteiger partial charge in [-0.2, -0.15) is 0 Å². The molecular formula is C21H21FN2OS2. The van der Waals surface area contributed by atoms with Gasteiger partial charge in [0.1, 0.15) is 5.82 Å². The van der Waals surface area contributed by atoms with Crippen LogP contribution in [0.2, 0.25) is 0 Å². The van der Waals surface area contributed by atoms with Crippen molar-refractivity contribution in [1.82, 2.24) is 4.98 Å². The first-order chi connectivity index (χ1) is 13.0. The molecule has 1 aromatic heterocycles. The Bertz CT molecular complexity index is 922. The molecule has 0 saturated carbocycles. The van der Waals surface area contributed by atoms with Crippen LogP contribution in [0.4, 0.5) is 9.52 Å². The number of nitrogens with zero attached hydrogens (tertiary/aromatic N) is 1. The molecule has 6 heteroatoms. The van der Waals surface area contributed by atoms with Gasteiger partial charge in [0.2, 0.25) is 5.91 Å². The van der Waals surface area contributed by atoms with E-state index >= 15 is 0 Å². The van der Waals surface area contributed by atoms with E-state index in [0.29, 0.717) is 11.6 Å². The highest BCUT2D eigenvalue weighted by Crippen LogP contribution is 2.28. The van der Waals surface area contributed by atoms with Gasteiger partial charge in [-0.3, -0.25) is 4.79 Å². The first-order valence-corrected chi connectivity index (χ1v) is 10.6. The number of hydrogen-bond donors (Lipinski definition) is 1. The molecule has 1 heterocycles. The van der Waals surface area contributed by atoms with E-state index in [-0.39, 0.29) is 11.7 Å². The van der Waals surface area contributed by atoms with Crippen molar-refractivity contribution >= 4 is 34.1 Å². The van der Waals surface area contributed by atoms with Crippen molar-refractivity contribution in [3.05, 3.63) is 64.8 Å². The van der Waals surface area contributed by atoms with Gasteiger partial charge in [0.05, 0.1) is 5.69 Å². The van der Waals surface area contributed by atoms with Gasteiger partial charge in [0, 0.05) is 22.3 Å². The van der Waals surface area contributed by atoms with Crippen LogP contribution in [-0.2, 0) is 4.79 Å². The lowest BCUT2D eigenvalue weighted by Crippen LogP contribution is -2.11. The number of halogens is 1. The first kappa shape index (κ1) is 19.6. The van der Waals surface area contributed by atoms with Gasteiger partial charge in [-0.15, -0.1) is 23.1 Å².